The molecule has 0 saturated heterocycles. The van der Waals surface area contributed by atoms with Gasteiger partial charge in [-0.1, -0.05) is 23.7 Å². The Kier molecular flexibility index (Phi) is 8.95. The molecule has 0 spiro atoms. The average molecular weight is 451 g/mol. The summed E-state index contributed by atoms with van der Waals surface area (Å²) in [6.45, 7) is -0.613. The van der Waals surface area contributed by atoms with E-state index in [-0.39, 0.29) is 12.1 Å². The van der Waals surface area contributed by atoms with E-state index in [1.165, 1.54) is 33.5 Å². The third kappa shape index (κ3) is 7.07. The summed E-state index contributed by atoms with van der Waals surface area (Å²) in [7, 11) is 4.30. The lowest BCUT2D eigenvalue weighted by Crippen LogP contribution is -2.33. The van der Waals surface area contributed by atoms with Gasteiger partial charge in [-0.05, 0) is 29.8 Å². The van der Waals surface area contributed by atoms with Gasteiger partial charge in [0.25, 0.3) is 11.8 Å². The molecule has 2 rings (SSSR count). The number of methoxy groups -OCH3 is 3. The van der Waals surface area contributed by atoms with E-state index >= 15 is 0 Å². The fraction of sp³-hybridized carbons (Fsp3) is 0.286. The van der Waals surface area contributed by atoms with Crippen LogP contribution in [0.5, 0.6) is 17.2 Å². The first-order chi connectivity index (χ1) is 14.9. The number of benzene rings is 2. The van der Waals surface area contributed by atoms with Crippen molar-refractivity contribution in [1.82, 2.24) is 10.6 Å². The van der Waals surface area contributed by atoms with E-state index < -0.39 is 30.9 Å². The number of carbonyl (C=O) groups excluding carboxylic acids is 3. The maximum absolute atomic E-state index is 12.3. The van der Waals surface area contributed by atoms with Gasteiger partial charge in [-0.3, -0.25) is 14.4 Å². The van der Waals surface area contributed by atoms with Crippen LogP contribution in [0.3, 0.4) is 0 Å². The van der Waals surface area contributed by atoms with Crippen molar-refractivity contribution in [3.8, 4) is 17.2 Å². The van der Waals surface area contributed by atoms with Crippen LogP contribution < -0.4 is 24.8 Å². The number of ether oxygens (including phenoxy) is 4. The van der Waals surface area contributed by atoms with E-state index in [2.05, 4.69) is 10.6 Å². The predicted octanol–water partition coefficient (Wildman–Crippen LogP) is 1.96. The second-order valence-corrected chi connectivity index (χ2v) is 6.60. The van der Waals surface area contributed by atoms with E-state index in [4.69, 9.17) is 30.5 Å². The Morgan fingerprint density at radius 3 is 2.06 bits per heavy atom. The summed E-state index contributed by atoms with van der Waals surface area (Å²) in [5, 5.41) is 5.63. The first kappa shape index (κ1) is 23.8. The van der Waals surface area contributed by atoms with Crippen molar-refractivity contribution in [2.24, 2.45) is 0 Å². The van der Waals surface area contributed by atoms with Gasteiger partial charge in [0, 0.05) is 17.1 Å². The number of hydrogen-bond donors (Lipinski definition) is 2. The molecule has 0 unspecified atom stereocenters. The second-order valence-electron chi connectivity index (χ2n) is 6.16. The lowest BCUT2D eigenvalue weighted by molar-refractivity contribution is -0.147. The van der Waals surface area contributed by atoms with Gasteiger partial charge in [0.1, 0.15) is 6.54 Å². The summed E-state index contributed by atoms with van der Waals surface area (Å²) in [5.41, 5.74) is 1.05. The van der Waals surface area contributed by atoms with E-state index in [0.29, 0.717) is 22.3 Å². The molecule has 0 saturated carbocycles. The Balaban J connectivity index is 1.80. The summed E-state index contributed by atoms with van der Waals surface area (Å²) in [6.07, 6.45) is 0. The minimum atomic E-state index is -0.762. The van der Waals surface area contributed by atoms with Crippen LogP contribution in [0, 0.1) is 0 Å². The summed E-state index contributed by atoms with van der Waals surface area (Å²) in [4.78, 5) is 36.0. The van der Waals surface area contributed by atoms with Crippen LogP contribution in [-0.2, 0) is 20.9 Å². The Hall–Kier alpha value is -3.46. The lowest BCUT2D eigenvalue weighted by atomic mass is 10.1. The first-order valence-electron chi connectivity index (χ1n) is 9.13. The number of halogens is 1. The molecule has 0 bridgehead atoms. The van der Waals surface area contributed by atoms with E-state index in [1.807, 2.05) is 0 Å². The summed E-state index contributed by atoms with van der Waals surface area (Å²) in [5.74, 6) is -0.852. The maximum Gasteiger partial charge on any atom is 0.325 e. The van der Waals surface area contributed by atoms with Crippen molar-refractivity contribution in [2.75, 3.05) is 34.5 Å². The molecule has 9 nitrogen and oxygen atoms in total. The highest BCUT2D eigenvalue weighted by Crippen LogP contribution is 2.38. The van der Waals surface area contributed by atoms with Crippen molar-refractivity contribution in [3.63, 3.8) is 0 Å². The van der Waals surface area contributed by atoms with Gasteiger partial charge < -0.3 is 29.6 Å². The Bertz CT molecular complexity index is 907. The number of amides is 2. The molecule has 0 heterocycles. The van der Waals surface area contributed by atoms with E-state index in [1.54, 1.807) is 24.3 Å². The minimum Gasteiger partial charge on any atom is -0.493 e. The van der Waals surface area contributed by atoms with Crippen LogP contribution >= 0.6 is 11.6 Å². The summed E-state index contributed by atoms with van der Waals surface area (Å²) < 4.78 is 20.5. The highest BCUT2D eigenvalue weighted by atomic mass is 35.5. The van der Waals surface area contributed by atoms with Gasteiger partial charge in [-0.25, -0.2) is 0 Å². The molecule has 0 aliphatic rings. The van der Waals surface area contributed by atoms with E-state index in [0.717, 1.165) is 5.56 Å². The number of hydrogen-bond acceptors (Lipinski definition) is 7. The molecule has 2 aromatic carbocycles. The van der Waals surface area contributed by atoms with Crippen molar-refractivity contribution < 1.29 is 33.3 Å². The number of esters is 1. The summed E-state index contributed by atoms with van der Waals surface area (Å²) >= 11 is 5.80. The Morgan fingerprint density at radius 1 is 0.903 bits per heavy atom. The lowest BCUT2D eigenvalue weighted by Gasteiger charge is -2.14. The molecule has 0 aliphatic heterocycles. The topological polar surface area (TPSA) is 112 Å². The van der Waals surface area contributed by atoms with Crippen LogP contribution in [0.15, 0.2) is 36.4 Å². The third-order valence-corrected chi connectivity index (χ3v) is 4.34. The zero-order chi connectivity index (χ0) is 22.8. The largest absolute Gasteiger partial charge is 0.493 e. The van der Waals surface area contributed by atoms with Crippen molar-refractivity contribution >= 4 is 29.4 Å². The van der Waals surface area contributed by atoms with Gasteiger partial charge in [-0.2, -0.15) is 0 Å². The van der Waals surface area contributed by atoms with Crippen LogP contribution in [0.1, 0.15) is 15.9 Å². The third-order valence-electron chi connectivity index (χ3n) is 4.09. The molecule has 0 aliphatic carbocycles. The van der Waals surface area contributed by atoms with Crippen molar-refractivity contribution in [1.29, 1.82) is 0 Å². The molecule has 2 amide bonds. The Morgan fingerprint density at radius 2 is 1.52 bits per heavy atom. The zero-order valence-electron chi connectivity index (χ0n) is 17.3. The quantitative estimate of drug-likeness (QED) is 0.532. The molecule has 31 heavy (non-hydrogen) atoms. The highest BCUT2D eigenvalue weighted by Gasteiger charge is 2.18. The molecule has 10 heteroatoms. The van der Waals surface area contributed by atoms with Crippen LogP contribution in [0.2, 0.25) is 5.02 Å². The molecule has 166 valence electrons. The maximum atomic E-state index is 12.3. The SMILES string of the molecule is COc1cc(C(=O)NCC(=O)OCC(=O)NCc2ccc(Cl)cc2)cc(OC)c1OC. The Labute approximate surface area is 184 Å². The smallest absolute Gasteiger partial charge is 0.325 e. The molecule has 0 radical (unpaired) electrons. The molecule has 2 aromatic rings. The first-order valence-corrected chi connectivity index (χ1v) is 9.50. The zero-order valence-corrected chi connectivity index (χ0v) is 18.1. The fourth-order valence-electron chi connectivity index (χ4n) is 2.52. The van der Waals surface area contributed by atoms with Gasteiger partial charge >= 0.3 is 5.97 Å². The van der Waals surface area contributed by atoms with E-state index in [9.17, 15) is 14.4 Å². The standard InChI is InChI=1S/C21H23ClN2O7/c1-28-16-8-14(9-17(29-2)20(16)30-3)21(27)24-11-19(26)31-12-18(25)23-10-13-4-6-15(22)7-5-13/h4-9H,10-12H2,1-3H3,(H,23,25)(H,24,27). The minimum absolute atomic E-state index is 0.197. The number of rotatable bonds is 10. The van der Waals surface area contributed by atoms with Gasteiger partial charge in [-0.15, -0.1) is 0 Å². The number of carbonyl (C=O) groups is 3. The second kappa shape index (κ2) is 11.7. The van der Waals surface area contributed by atoms with Gasteiger partial charge in [0.05, 0.1) is 21.3 Å². The molecule has 0 aromatic heterocycles. The van der Waals surface area contributed by atoms with Crippen LogP contribution in [-0.4, -0.2) is 52.3 Å². The average Bonchev–Trinajstić information content (AvgIpc) is 2.79. The van der Waals surface area contributed by atoms with Crippen molar-refractivity contribution in [3.05, 3.63) is 52.5 Å². The van der Waals surface area contributed by atoms with Crippen LogP contribution in [0.25, 0.3) is 0 Å². The highest BCUT2D eigenvalue weighted by molar-refractivity contribution is 6.30. The molecule has 0 atom stereocenters. The monoisotopic (exact) mass is 450 g/mol. The molecular formula is C21H23ClN2O7. The van der Waals surface area contributed by atoms with Crippen molar-refractivity contribution in [2.45, 2.75) is 6.54 Å². The predicted molar refractivity (Wildman–Crippen MR) is 113 cm³/mol. The van der Waals surface area contributed by atoms with Gasteiger partial charge in [0.2, 0.25) is 5.75 Å². The molecular weight excluding hydrogens is 428 g/mol. The van der Waals surface area contributed by atoms with Gasteiger partial charge in [0.15, 0.2) is 18.1 Å². The molecule has 0 fully saturated rings. The van der Waals surface area contributed by atoms with Crippen LogP contribution in [0.4, 0.5) is 0 Å². The molecule has 2 N–H and O–H groups in total. The number of nitrogens with one attached hydrogen (secondary N) is 2. The normalized spacial score (nSPS) is 10.1. The fourth-order valence-corrected chi connectivity index (χ4v) is 2.64. The summed E-state index contributed by atoms with van der Waals surface area (Å²) in [6, 6.07) is 9.86.